The van der Waals surface area contributed by atoms with Crippen molar-refractivity contribution in [3.05, 3.63) is 58.6 Å². The largest absolute Gasteiger partial charge is 0.323 e. The molecule has 20 heavy (non-hydrogen) atoms. The molecule has 0 aliphatic heterocycles. The van der Waals surface area contributed by atoms with E-state index in [0.717, 1.165) is 5.56 Å². The molecule has 0 saturated heterocycles. The molecule has 0 aliphatic rings. The van der Waals surface area contributed by atoms with Gasteiger partial charge in [-0.1, -0.05) is 17.7 Å². The van der Waals surface area contributed by atoms with E-state index >= 15 is 0 Å². The molecule has 0 radical (unpaired) electrons. The average Bonchev–Trinajstić information content (AvgIpc) is 2.44. The molecule has 0 bridgehead atoms. The smallest absolute Gasteiger partial charge is 0.308 e. The summed E-state index contributed by atoms with van der Waals surface area (Å²) < 4.78 is 0. The molecule has 2 rings (SSSR count). The lowest BCUT2D eigenvalue weighted by Crippen LogP contribution is -2.19. The van der Waals surface area contributed by atoms with E-state index in [-0.39, 0.29) is 6.03 Å². The van der Waals surface area contributed by atoms with E-state index < -0.39 is 0 Å². The first-order valence-electron chi connectivity index (χ1n) is 5.93. The monoisotopic (exact) mass is 285 g/mol. The highest BCUT2D eigenvalue weighted by molar-refractivity contribution is 6.31. The third kappa shape index (κ3) is 3.50. The van der Waals surface area contributed by atoms with Gasteiger partial charge >= 0.3 is 6.03 Å². The van der Waals surface area contributed by atoms with Crippen LogP contribution < -0.4 is 10.6 Å². The van der Waals surface area contributed by atoms with Gasteiger partial charge in [-0.2, -0.15) is 5.26 Å². The molecule has 0 unspecified atom stereocenters. The number of carbonyl (C=O) groups is 1. The van der Waals surface area contributed by atoms with Crippen LogP contribution >= 0.6 is 11.6 Å². The molecule has 0 spiro atoms. The summed E-state index contributed by atoms with van der Waals surface area (Å²) in [6.07, 6.45) is 0. The second-order valence-electron chi connectivity index (χ2n) is 4.23. The van der Waals surface area contributed by atoms with Crippen LogP contribution in [0.3, 0.4) is 0 Å². The van der Waals surface area contributed by atoms with E-state index in [1.165, 1.54) is 0 Å². The van der Waals surface area contributed by atoms with Crippen LogP contribution in [-0.4, -0.2) is 6.03 Å². The number of nitriles is 1. The second kappa shape index (κ2) is 6.09. The van der Waals surface area contributed by atoms with Gasteiger partial charge in [-0.05, 0) is 48.9 Å². The number of hydrogen-bond donors (Lipinski definition) is 2. The van der Waals surface area contributed by atoms with Crippen LogP contribution in [0, 0.1) is 18.3 Å². The molecular weight excluding hydrogens is 274 g/mol. The van der Waals surface area contributed by atoms with Gasteiger partial charge < -0.3 is 10.6 Å². The normalized spacial score (nSPS) is 9.65. The maximum Gasteiger partial charge on any atom is 0.323 e. The number of halogens is 1. The number of hydrogen-bond acceptors (Lipinski definition) is 2. The van der Waals surface area contributed by atoms with Gasteiger partial charge in [-0.15, -0.1) is 0 Å². The molecule has 2 aromatic rings. The predicted octanol–water partition coefficient (Wildman–Crippen LogP) is 4.16. The Kier molecular flexibility index (Phi) is 4.24. The van der Waals surface area contributed by atoms with Gasteiger partial charge in [0.15, 0.2) is 0 Å². The van der Waals surface area contributed by atoms with E-state index in [9.17, 15) is 4.79 Å². The van der Waals surface area contributed by atoms with E-state index in [2.05, 4.69) is 10.6 Å². The van der Waals surface area contributed by atoms with Crippen LogP contribution in [-0.2, 0) is 0 Å². The summed E-state index contributed by atoms with van der Waals surface area (Å²) >= 11 is 5.99. The molecule has 0 saturated carbocycles. The lowest BCUT2D eigenvalue weighted by atomic mass is 10.2. The molecule has 4 nitrogen and oxygen atoms in total. The summed E-state index contributed by atoms with van der Waals surface area (Å²) in [5.74, 6) is 0. The predicted molar refractivity (Wildman–Crippen MR) is 80.0 cm³/mol. The Morgan fingerprint density at radius 3 is 2.30 bits per heavy atom. The number of urea groups is 1. The van der Waals surface area contributed by atoms with Gasteiger partial charge in [-0.25, -0.2) is 4.79 Å². The van der Waals surface area contributed by atoms with Crippen molar-refractivity contribution in [3.8, 4) is 6.07 Å². The molecule has 0 heterocycles. The van der Waals surface area contributed by atoms with Gasteiger partial charge in [0.2, 0.25) is 0 Å². The van der Waals surface area contributed by atoms with Crippen molar-refractivity contribution in [2.24, 2.45) is 0 Å². The maximum absolute atomic E-state index is 11.8. The molecule has 5 heteroatoms. The Balaban J connectivity index is 2.01. The highest BCUT2D eigenvalue weighted by atomic mass is 35.5. The number of benzene rings is 2. The molecule has 0 aliphatic carbocycles. The third-order valence-electron chi connectivity index (χ3n) is 2.70. The van der Waals surface area contributed by atoms with Gasteiger partial charge in [0.25, 0.3) is 0 Å². The first-order chi connectivity index (χ1) is 9.58. The molecule has 2 aromatic carbocycles. The summed E-state index contributed by atoms with van der Waals surface area (Å²) in [6.45, 7) is 1.89. The Hall–Kier alpha value is -2.51. The molecule has 2 amide bonds. The Morgan fingerprint density at radius 2 is 1.70 bits per heavy atom. The summed E-state index contributed by atoms with van der Waals surface area (Å²) in [7, 11) is 0. The SMILES string of the molecule is Cc1ccc(NC(=O)Nc2ccc(C#N)cc2)cc1Cl. The Labute approximate surface area is 122 Å². The number of aryl methyl sites for hydroxylation is 1. The zero-order valence-corrected chi connectivity index (χ0v) is 11.5. The number of carbonyl (C=O) groups excluding carboxylic acids is 1. The summed E-state index contributed by atoms with van der Waals surface area (Å²) in [4.78, 5) is 11.8. The third-order valence-corrected chi connectivity index (χ3v) is 3.11. The number of nitrogens with zero attached hydrogens (tertiary/aromatic N) is 1. The zero-order valence-electron chi connectivity index (χ0n) is 10.8. The molecule has 0 fully saturated rings. The quantitative estimate of drug-likeness (QED) is 0.870. The highest BCUT2D eigenvalue weighted by Crippen LogP contribution is 2.20. The van der Waals surface area contributed by atoms with Crippen molar-refractivity contribution in [3.63, 3.8) is 0 Å². The van der Waals surface area contributed by atoms with Gasteiger partial charge in [0.05, 0.1) is 11.6 Å². The van der Waals surface area contributed by atoms with Crippen LogP contribution in [0.5, 0.6) is 0 Å². The van der Waals surface area contributed by atoms with E-state index in [1.807, 2.05) is 19.1 Å². The first-order valence-corrected chi connectivity index (χ1v) is 6.30. The number of nitrogens with one attached hydrogen (secondary N) is 2. The van der Waals surface area contributed by atoms with Crippen molar-refractivity contribution in [2.75, 3.05) is 10.6 Å². The van der Waals surface area contributed by atoms with Crippen LogP contribution in [0.4, 0.5) is 16.2 Å². The second-order valence-corrected chi connectivity index (χ2v) is 4.64. The van der Waals surface area contributed by atoms with Crippen LogP contribution in [0.15, 0.2) is 42.5 Å². The standard InChI is InChI=1S/C15H12ClN3O/c1-10-2-5-13(8-14(10)16)19-15(20)18-12-6-3-11(9-17)4-7-12/h2-8H,1H3,(H2,18,19,20). The van der Waals surface area contributed by atoms with E-state index in [0.29, 0.717) is 22.0 Å². The van der Waals surface area contributed by atoms with Gasteiger partial charge in [0.1, 0.15) is 0 Å². The van der Waals surface area contributed by atoms with Crippen LogP contribution in [0.1, 0.15) is 11.1 Å². The lowest BCUT2D eigenvalue weighted by Gasteiger charge is -2.08. The number of rotatable bonds is 2. The molecule has 0 aromatic heterocycles. The average molecular weight is 286 g/mol. The summed E-state index contributed by atoms with van der Waals surface area (Å²) in [5, 5.41) is 14.7. The van der Waals surface area contributed by atoms with Crippen LogP contribution in [0.2, 0.25) is 5.02 Å². The van der Waals surface area contributed by atoms with Crippen molar-refractivity contribution in [1.29, 1.82) is 5.26 Å². The molecule has 100 valence electrons. The fraction of sp³-hybridized carbons (Fsp3) is 0.0667. The van der Waals surface area contributed by atoms with Crippen molar-refractivity contribution in [1.82, 2.24) is 0 Å². The minimum Gasteiger partial charge on any atom is -0.308 e. The zero-order chi connectivity index (χ0) is 14.5. The first kappa shape index (κ1) is 13.9. The highest BCUT2D eigenvalue weighted by Gasteiger charge is 2.04. The number of anilines is 2. The Bertz CT molecular complexity index is 675. The minimum atomic E-state index is -0.366. The minimum absolute atomic E-state index is 0.366. The Morgan fingerprint density at radius 1 is 1.10 bits per heavy atom. The van der Waals surface area contributed by atoms with E-state index in [1.54, 1.807) is 36.4 Å². The lowest BCUT2D eigenvalue weighted by molar-refractivity contribution is 0.262. The van der Waals surface area contributed by atoms with Crippen molar-refractivity contribution in [2.45, 2.75) is 6.92 Å². The summed E-state index contributed by atoms with van der Waals surface area (Å²) in [6, 6.07) is 13.6. The topological polar surface area (TPSA) is 64.9 Å². The molecule has 2 N–H and O–H groups in total. The molecule has 0 atom stereocenters. The fourth-order valence-corrected chi connectivity index (χ4v) is 1.77. The number of amides is 2. The van der Waals surface area contributed by atoms with E-state index in [4.69, 9.17) is 16.9 Å². The van der Waals surface area contributed by atoms with Gasteiger partial charge in [0, 0.05) is 16.4 Å². The maximum atomic E-state index is 11.8. The van der Waals surface area contributed by atoms with Gasteiger partial charge in [-0.3, -0.25) is 0 Å². The molecular formula is C15H12ClN3O. The van der Waals surface area contributed by atoms with Crippen LogP contribution in [0.25, 0.3) is 0 Å². The van der Waals surface area contributed by atoms with Crippen molar-refractivity contribution >= 4 is 29.0 Å². The fourth-order valence-electron chi connectivity index (χ4n) is 1.59. The summed E-state index contributed by atoms with van der Waals surface area (Å²) in [5.41, 5.74) is 2.72. The van der Waals surface area contributed by atoms with Crippen molar-refractivity contribution < 1.29 is 4.79 Å².